The summed E-state index contributed by atoms with van der Waals surface area (Å²) in [4.78, 5) is 23.4. The quantitative estimate of drug-likeness (QED) is 0.912. The molecule has 2 rings (SSSR count). The van der Waals surface area contributed by atoms with Crippen molar-refractivity contribution in [1.82, 2.24) is 5.32 Å². The minimum atomic E-state index is -0.495. The van der Waals surface area contributed by atoms with Crippen LogP contribution in [0, 0.1) is 18.6 Å². The van der Waals surface area contributed by atoms with E-state index < -0.39 is 23.4 Å². The molecule has 0 atom stereocenters. The summed E-state index contributed by atoms with van der Waals surface area (Å²) in [5.41, 5.74) is 1.03. The molecule has 2 N–H and O–H groups in total. The van der Waals surface area contributed by atoms with Crippen LogP contribution in [0.25, 0.3) is 0 Å². The molecule has 0 aromatic heterocycles. The molecule has 2 amide bonds. The lowest BCUT2D eigenvalue weighted by Crippen LogP contribution is -2.32. The summed E-state index contributed by atoms with van der Waals surface area (Å²) in [5, 5.41) is 4.87. The van der Waals surface area contributed by atoms with Crippen molar-refractivity contribution in [3.8, 4) is 0 Å². The summed E-state index contributed by atoms with van der Waals surface area (Å²) in [6, 6.07) is 9.26. The molecule has 4 nitrogen and oxygen atoms in total. The van der Waals surface area contributed by atoms with Crippen molar-refractivity contribution in [3.63, 3.8) is 0 Å². The van der Waals surface area contributed by atoms with Crippen molar-refractivity contribution >= 4 is 17.5 Å². The third-order valence-corrected chi connectivity index (χ3v) is 2.97. The lowest BCUT2D eigenvalue weighted by atomic mass is 10.2. The van der Waals surface area contributed by atoms with Gasteiger partial charge >= 0.3 is 0 Å². The number of anilines is 1. The predicted octanol–water partition coefficient (Wildman–Crippen LogP) is 2.64. The van der Waals surface area contributed by atoms with Crippen LogP contribution in [0.2, 0.25) is 0 Å². The minimum Gasteiger partial charge on any atom is -0.343 e. The maximum Gasteiger partial charge on any atom is 0.251 e. The van der Waals surface area contributed by atoms with Crippen LogP contribution in [0.1, 0.15) is 15.9 Å². The fourth-order valence-corrected chi connectivity index (χ4v) is 1.74. The van der Waals surface area contributed by atoms with E-state index in [1.807, 2.05) is 0 Å². The second kappa shape index (κ2) is 6.80. The van der Waals surface area contributed by atoms with E-state index >= 15 is 0 Å². The molecule has 0 saturated heterocycles. The fraction of sp³-hybridized carbons (Fsp3) is 0.125. The van der Waals surface area contributed by atoms with Crippen molar-refractivity contribution in [2.45, 2.75) is 6.92 Å². The first-order valence-corrected chi connectivity index (χ1v) is 6.55. The van der Waals surface area contributed by atoms with Gasteiger partial charge in [0.25, 0.3) is 5.91 Å². The molecule has 0 aliphatic carbocycles. The Hall–Kier alpha value is -2.76. The van der Waals surface area contributed by atoms with Gasteiger partial charge in [0.15, 0.2) is 0 Å². The number of benzene rings is 2. The summed E-state index contributed by atoms with van der Waals surface area (Å²) in [7, 11) is 0. The second-order valence-electron chi connectivity index (χ2n) is 4.70. The van der Waals surface area contributed by atoms with Crippen LogP contribution in [-0.2, 0) is 4.79 Å². The molecule has 0 fully saturated rings. The number of aryl methyl sites for hydroxylation is 1. The van der Waals surface area contributed by atoms with Gasteiger partial charge < -0.3 is 10.6 Å². The lowest BCUT2D eigenvalue weighted by Gasteiger charge is -2.08. The number of halogens is 2. The van der Waals surface area contributed by atoms with Gasteiger partial charge in [-0.1, -0.05) is 6.07 Å². The van der Waals surface area contributed by atoms with E-state index in [1.54, 1.807) is 19.1 Å². The number of hydrogen-bond acceptors (Lipinski definition) is 2. The molecule has 0 unspecified atom stereocenters. The Kier molecular flexibility index (Phi) is 4.83. The summed E-state index contributed by atoms with van der Waals surface area (Å²) in [6.45, 7) is 1.34. The van der Waals surface area contributed by atoms with Gasteiger partial charge in [0.1, 0.15) is 11.6 Å². The molecule has 0 heterocycles. The number of carbonyl (C=O) groups excluding carboxylic acids is 2. The van der Waals surface area contributed by atoms with E-state index in [0.717, 1.165) is 12.1 Å². The van der Waals surface area contributed by atoms with Crippen LogP contribution in [-0.4, -0.2) is 18.4 Å². The van der Waals surface area contributed by atoms with Crippen molar-refractivity contribution in [1.29, 1.82) is 0 Å². The number of hydrogen-bond donors (Lipinski definition) is 2. The highest BCUT2D eigenvalue weighted by Crippen LogP contribution is 2.13. The predicted molar refractivity (Wildman–Crippen MR) is 78.5 cm³/mol. The van der Waals surface area contributed by atoms with Gasteiger partial charge in [0.05, 0.1) is 6.54 Å². The van der Waals surface area contributed by atoms with Gasteiger partial charge in [-0.25, -0.2) is 8.78 Å². The monoisotopic (exact) mass is 304 g/mol. The van der Waals surface area contributed by atoms with E-state index in [1.165, 1.54) is 18.2 Å². The average molecular weight is 304 g/mol. The Bertz CT molecular complexity index is 700. The maximum atomic E-state index is 13.3. The molecule has 0 bridgehead atoms. The summed E-state index contributed by atoms with van der Waals surface area (Å²) in [6.07, 6.45) is 0. The average Bonchev–Trinajstić information content (AvgIpc) is 2.49. The Morgan fingerprint density at radius 2 is 1.73 bits per heavy atom. The standard InChI is InChI=1S/C16H14F2N2O2/c1-10-2-7-13(8-14(10)18)20-15(21)9-19-16(22)11-3-5-12(17)6-4-11/h2-8H,9H2,1H3,(H,19,22)(H,20,21). The van der Waals surface area contributed by atoms with Gasteiger partial charge in [-0.3, -0.25) is 9.59 Å². The minimum absolute atomic E-state index is 0.246. The van der Waals surface area contributed by atoms with Crippen molar-refractivity contribution in [2.75, 3.05) is 11.9 Å². The van der Waals surface area contributed by atoms with E-state index in [2.05, 4.69) is 10.6 Å². The van der Waals surface area contributed by atoms with Gasteiger partial charge in [0.2, 0.25) is 5.91 Å². The largest absolute Gasteiger partial charge is 0.343 e. The molecule has 0 radical (unpaired) electrons. The van der Waals surface area contributed by atoms with E-state index in [9.17, 15) is 18.4 Å². The molecule has 2 aromatic rings. The SMILES string of the molecule is Cc1ccc(NC(=O)CNC(=O)c2ccc(F)cc2)cc1F. The van der Waals surface area contributed by atoms with E-state index in [0.29, 0.717) is 11.3 Å². The van der Waals surface area contributed by atoms with Crippen LogP contribution < -0.4 is 10.6 Å². The number of carbonyl (C=O) groups is 2. The van der Waals surface area contributed by atoms with Crippen LogP contribution in [0.15, 0.2) is 42.5 Å². The topological polar surface area (TPSA) is 58.2 Å². The summed E-state index contributed by atoms with van der Waals surface area (Å²) >= 11 is 0. The smallest absolute Gasteiger partial charge is 0.251 e. The van der Waals surface area contributed by atoms with Crippen molar-refractivity contribution in [3.05, 3.63) is 65.2 Å². The number of rotatable bonds is 4. The molecule has 0 spiro atoms. The maximum absolute atomic E-state index is 13.3. The first kappa shape index (κ1) is 15.6. The third-order valence-electron chi connectivity index (χ3n) is 2.97. The molecule has 0 saturated carbocycles. The van der Waals surface area contributed by atoms with E-state index in [-0.39, 0.29) is 12.1 Å². The molecule has 2 aromatic carbocycles. The molecule has 0 aliphatic rings. The molecule has 6 heteroatoms. The molecule has 22 heavy (non-hydrogen) atoms. The lowest BCUT2D eigenvalue weighted by molar-refractivity contribution is -0.115. The van der Waals surface area contributed by atoms with Gasteiger partial charge in [0, 0.05) is 11.3 Å². The molecular formula is C16H14F2N2O2. The first-order valence-electron chi connectivity index (χ1n) is 6.55. The van der Waals surface area contributed by atoms with Crippen LogP contribution >= 0.6 is 0 Å². The summed E-state index contributed by atoms with van der Waals surface area (Å²) in [5.74, 6) is -1.85. The molecular weight excluding hydrogens is 290 g/mol. The van der Waals surface area contributed by atoms with E-state index in [4.69, 9.17) is 0 Å². The van der Waals surface area contributed by atoms with Gasteiger partial charge in [-0.15, -0.1) is 0 Å². The van der Waals surface area contributed by atoms with Crippen LogP contribution in [0.3, 0.4) is 0 Å². The molecule has 0 aliphatic heterocycles. The Morgan fingerprint density at radius 3 is 2.36 bits per heavy atom. The zero-order valence-electron chi connectivity index (χ0n) is 11.8. The zero-order chi connectivity index (χ0) is 16.1. The number of amides is 2. The fourth-order valence-electron chi connectivity index (χ4n) is 1.74. The molecule has 114 valence electrons. The third kappa shape index (κ3) is 4.12. The van der Waals surface area contributed by atoms with Crippen LogP contribution in [0.5, 0.6) is 0 Å². The first-order chi connectivity index (χ1) is 10.5. The summed E-state index contributed by atoms with van der Waals surface area (Å²) < 4.78 is 26.1. The van der Waals surface area contributed by atoms with Gasteiger partial charge in [-0.2, -0.15) is 0 Å². The van der Waals surface area contributed by atoms with Crippen molar-refractivity contribution < 1.29 is 18.4 Å². The van der Waals surface area contributed by atoms with Gasteiger partial charge in [-0.05, 0) is 48.9 Å². The zero-order valence-corrected chi connectivity index (χ0v) is 11.8. The van der Waals surface area contributed by atoms with Crippen molar-refractivity contribution in [2.24, 2.45) is 0 Å². The highest BCUT2D eigenvalue weighted by atomic mass is 19.1. The van der Waals surface area contributed by atoms with Crippen LogP contribution in [0.4, 0.5) is 14.5 Å². The second-order valence-corrected chi connectivity index (χ2v) is 4.70. The Balaban J connectivity index is 1.88. The Labute approximate surface area is 126 Å². The normalized spacial score (nSPS) is 10.1. The Morgan fingerprint density at radius 1 is 1.05 bits per heavy atom. The highest BCUT2D eigenvalue weighted by molar-refractivity contribution is 5.99. The highest BCUT2D eigenvalue weighted by Gasteiger charge is 2.09. The number of nitrogens with one attached hydrogen (secondary N) is 2.